The molecule has 2 atom stereocenters. The lowest BCUT2D eigenvalue weighted by Crippen LogP contribution is -2.49. The first-order valence-corrected chi connectivity index (χ1v) is 6.06. The van der Waals surface area contributed by atoms with Crippen molar-refractivity contribution in [2.75, 3.05) is 18.1 Å². The lowest BCUT2D eigenvalue weighted by molar-refractivity contribution is -0.122. The summed E-state index contributed by atoms with van der Waals surface area (Å²) in [4.78, 5) is 13.7. The number of amides is 1. The van der Waals surface area contributed by atoms with E-state index in [0.29, 0.717) is 6.54 Å². The van der Waals surface area contributed by atoms with Gasteiger partial charge in [0.25, 0.3) is 0 Å². The quantitative estimate of drug-likeness (QED) is 0.822. The highest BCUT2D eigenvalue weighted by Gasteiger charge is 2.31. The van der Waals surface area contributed by atoms with Gasteiger partial charge < -0.3 is 15.3 Å². The topological polar surface area (TPSA) is 52.6 Å². The van der Waals surface area contributed by atoms with Crippen molar-refractivity contribution in [2.24, 2.45) is 0 Å². The molecule has 1 aliphatic rings. The highest BCUT2D eigenvalue weighted by Crippen LogP contribution is 2.23. The van der Waals surface area contributed by atoms with E-state index in [-0.39, 0.29) is 24.4 Å². The second-order valence-electron chi connectivity index (χ2n) is 4.51. The molecular formula is C13H17FN2O2. The van der Waals surface area contributed by atoms with Crippen molar-refractivity contribution in [2.45, 2.75) is 25.4 Å². The van der Waals surface area contributed by atoms with E-state index < -0.39 is 6.04 Å². The standard InChI is InChI=1S/C13H17FN2O2/c1-9-6-7-15-13(18)12(8-17)16(9)11-4-2-10(14)3-5-11/h2-5,9,12,17H,6-8H2,1H3,(H,15,18). The summed E-state index contributed by atoms with van der Waals surface area (Å²) in [6.07, 6.45) is 0.791. The SMILES string of the molecule is CC1CCNC(=O)C(CO)N1c1ccc(F)cc1. The molecule has 1 amide bonds. The Kier molecular flexibility index (Phi) is 3.81. The van der Waals surface area contributed by atoms with Gasteiger partial charge in [0.05, 0.1) is 6.61 Å². The van der Waals surface area contributed by atoms with E-state index >= 15 is 0 Å². The van der Waals surface area contributed by atoms with Crippen molar-refractivity contribution < 1.29 is 14.3 Å². The molecule has 18 heavy (non-hydrogen) atoms. The van der Waals surface area contributed by atoms with Crippen LogP contribution < -0.4 is 10.2 Å². The highest BCUT2D eigenvalue weighted by molar-refractivity contribution is 5.86. The minimum Gasteiger partial charge on any atom is -0.394 e. The van der Waals surface area contributed by atoms with Gasteiger partial charge in [-0.2, -0.15) is 0 Å². The zero-order valence-electron chi connectivity index (χ0n) is 10.3. The van der Waals surface area contributed by atoms with E-state index in [1.807, 2.05) is 11.8 Å². The molecule has 5 heteroatoms. The third kappa shape index (κ3) is 2.46. The number of hydrogen-bond acceptors (Lipinski definition) is 3. The van der Waals surface area contributed by atoms with E-state index in [1.165, 1.54) is 12.1 Å². The molecule has 0 aliphatic carbocycles. The van der Waals surface area contributed by atoms with Crippen LogP contribution in [0.2, 0.25) is 0 Å². The molecule has 0 radical (unpaired) electrons. The fraction of sp³-hybridized carbons (Fsp3) is 0.462. The summed E-state index contributed by atoms with van der Waals surface area (Å²) in [7, 11) is 0. The molecule has 0 saturated carbocycles. The predicted octanol–water partition coefficient (Wildman–Crippen LogP) is 0.901. The van der Waals surface area contributed by atoms with Crippen molar-refractivity contribution in [1.29, 1.82) is 0 Å². The summed E-state index contributed by atoms with van der Waals surface area (Å²) in [5.74, 6) is -0.502. The van der Waals surface area contributed by atoms with E-state index in [9.17, 15) is 14.3 Å². The Bertz CT molecular complexity index is 422. The number of nitrogens with zero attached hydrogens (tertiary/aromatic N) is 1. The van der Waals surface area contributed by atoms with Crippen molar-refractivity contribution in [3.63, 3.8) is 0 Å². The maximum atomic E-state index is 12.9. The molecule has 1 saturated heterocycles. The van der Waals surface area contributed by atoms with E-state index in [1.54, 1.807) is 12.1 Å². The molecular weight excluding hydrogens is 235 g/mol. The van der Waals surface area contributed by atoms with Crippen LogP contribution in [0.3, 0.4) is 0 Å². The normalized spacial score (nSPS) is 24.6. The molecule has 0 aromatic heterocycles. The van der Waals surface area contributed by atoms with Gasteiger partial charge in [0, 0.05) is 18.3 Å². The van der Waals surface area contributed by atoms with Crippen LogP contribution in [0.15, 0.2) is 24.3 Å². The third-order valence-corrected chi connectivity index (χ3v) is 3.27. The number of anilines is 1. The van der Waals surface area contributed by atoms with Gasteiger partial charge in [-0.3, -0.25) is 4.79 Å². The number of aliphatic hydroxyl groups excluding tert-OH is 1. The van der Waals surface area contributed by atoms with Crippen molar-refractivity contribution in [3.8, 4) is 0 Å². The maximum absolute atomic E-state index is 12.9. The minimum absolute atomic E-state index is 0.103. The Hall–Kier alpha value is -1.62. The van der Waals surface area contributed by atoms with Crippen molar-refractivity contribution >= 4 is 11.6 Å². The smallest absolute Gasteiger partial charge is 0.245 e. The lowest BCUT2D eigenvalue weighted by atomic mass is 10.1. The fourth-order valence-electron chi connectivity index (χ4n) is 2.31. The fourth-order valence-corrected chi connectivity index (χ4v) is 2.31. The average molecular weight is 252 g/mol. The van der Waals surface area contributed by atoms with Crippen LogP contribution in [0.25, 0.3) is 0 Å². The molecule has 0 spiro atoms. The summed E-state index contributed by atoms with van der Waals surface area (Å²) in [6, 6.07) is 5.47. The van der Waals surface area contributed by atoms with Crippen LogP contribution in [-0.4, -0.2) is 36.2 Å². The number of carbonyl (C=O) groups is 1. The highest BCUT2D eigenvalue weighted by atomic mass is 19.1. The maximum Gasteiger partial charge on any atom is 0.245 e. The summed E-state index contributed by atoms with van der Waals surface area (Å²) >= 11 is 0. The Morgan fingerprint density at radius 1 is 1.44 bits per heavy atom. The van der Waals surface area contributed by atoms with Crippen LogP contribution in [-0.2, 0) is 4.79 Å². The molecule has 98 valence electrons. The second kappa shape index (κ2) is 5.35. The van der Waals surface area contributed by atoms with Crippen LogP contribution in [0, 0.1) is 5.82 Å². The lowest BCUT2D eigenvalue weighted by Gasteiger charge is -2.34. The van der Waals surface area contributed by atoms with Gasteiger partial charge in [-0.25, -0.2) is 4.39 Å². The molecule has 1 aliphatic heterocycles. The number of aliphatic hydroxyl groups is 1. The predicted molar refractivity (Wildman–Crippen MR) is 66.8 cm³/mol. The number of carbonyl (C=O) groups excluding carboxylic acids is 1. The Labute approximate surface area is 105 Å². The summed E-state index contributed by atoms with van der Waals surface area (Å²) in [5.41, 5.74) is 0.750. The number of benzene rings is 1. The van der Waals surface area contributed by atoms with Crippen LogP contribution in [0.5, 0.6) is 0 Å². The van der Waals surface area contributed by atoms with Gasteiger partial charge in [0.1, 0.15) is 11.9 Å². The van der Waals surface area contributed by atoms with E-state index in [2.05, 4.69) is 5.32 Å². The zero-order valence-corrected chi connectivity index (χ0v) is 10.3. The second-order valence-corrected chi connectivity index (χ2v) is 4.51. The summed E-state index contributed by atoms with van der Waals surface area (Å²) in [6.45, 7) is 2.33. The molecule has 0 bridgehead atoms. The Morgan fingerprint density at radius 2 is 2.11 bits per heavy atom. The van der Waals surface area contributed by atoms with Crippen LogP contribution >= 0.6 is 0 Å². The Balaban J connectivity index is 2.35. The average Bonchev–Trinajstić information content (AvgIpc) is 2.49. The molecule has 2 unspecified atom stereocenters. The van der Waals surface area contributed by atoms with Crippen LogP contribution in [0.1, 0.15) is 13.3 Å². The van der Waals surface area contributed by atoms with E-state index in [4.69, 9.17) is 0 Å². The van der Waals surface area contributed by atoms with Gasteiger partial charge in [-0.15, -0.1) is 0 Å². The number of nitrogens with one attached hydrogen (secondary N) is 1. The number of rotatable bonds is 2. The van der Waals surface area contributed by atoms with E-state index in [0.717, 1.165) is 12.1 Å². The molecule has 4 nitrogen and oxygen atoms in total. The summed E-state index contributed by atoms with van der Waals surface area (Å²) in [5, 5.41) is 12.2. The minimum atomic E-state index is -0.618. The molecule has 1 heterocycles. The monoisotopic (exact) mass is 252 g/mol. The van der Waals surface area contributed by atoms with Crippen molar-refractivity contribution in [1.82, 2.24) is 5.32 Å². The van der Waals surface area contributed by atoms with Gasteiger partial charge in [-0.05, 0) is 37.6 Å². The van der Waals surface area contributed by atoms with Gasteiger partial charge in [0.15, 0.2) is 0 Å². The van der Waals surface area contributed by atoms with Gasteiger partial charge >= 0.3 is 0 Å². The number of halogens is 1. The van der Waals surface area contributed by atoms with Gasteiger partial charge in [-0.1, -0.05) is 0 Å². The molecule has 1 fully saturated rings. The van der Waals surface area contributed by atoms with Gasteiger partial charge in [0.2, 0.25) is 5.91 Å². The Morgan fingerprint density at radius 3 is 2.72 bits per heavy atom. The molecule has 2 rings (SSSR count). The largest absolute Gasteiger partial charge is 0.394 e. The number of hydrogen-bond donors (Lipinski definition) is 2. The third-order valence-electron chi connectivity index (χ3n) is 3.27. The first-order chi connectivity index (χ1) is 8.63. The molecule has 2 N–H and O–H groups in total. The first-order valence-electron chi connectivity index (χ1n) is 6.06. The van der Waals surface area contributed by atoms with Crippen molar-refractivity contribution in [3.05, 3.63) is 30.1 Å². The summed E-state index contributed by atoms with van der Waals surface area (Å²) < 4.78 is 12.9. The molecule has 1 aromatic rings. The van der Waals surface area contributed by atoms with Crippen LogP contribution in [0.4, 0.5) is 10.1 Å². The molecule has 1 aromatic carbocycles. The first kappa shape index (κ1) is 12.8. The zero-order chi connectivity index (χ0) is 13.1.